The first-order valence-electron chi connectivity index (χ1n) is 7.17. The van der Waals surface area contributed by atoms with Crippen LogP contribution in [0.2, 0.25) is 0 Å². The number of ketones is 1. The minimum atomic E-state index is -0.466. The molecule has 0 radical (unpaired) electrons. The summed E-state index contributed by atoms with van der Waals surface area (Å²) in [7, 11) is 0. The Bertz CT molecular complexity index is 684. The third-order valence-corrected chi connectivity index (χ3v) is 3.51. The lowest BCUT2D eigenvalue weighted by molar-refractivity contribution is -0.384. The monoisotopic (exact) mass is 298 g/mol. The van der Waals surface area contributed by atoms with Gasteiger partial charge in [0.1, 0.15) is 5.69 Å². The van der Waals surface area contributed by atoms with Gasteiger partial charge in [-0.15, -0.1) is 0 Å². The van der Waals surface area contributed by atoms with Crippen molar-refractivity contribution >= 4 is 17.2 Å². The average Bonchev–Trinajstić information content (AvgIpc) is 2.55. The molecule has 0 aromatic heterocycles. The van der Waals surface area contributed by atoms with Gasteiger partial charge in [-0.25, -0.2) is 0 Å². The Labute approximate surface area is 129 Å². The zero-order valence-corrected chi connectivity index (χ0v) is 12.6. The molecule has 0 amide bonds. The largest absolute Gasteiger partial charge is 0.377 e. The number of rotatable bonds is 6. The van der Waals surface area contributed by atoms with Crippen LogP contribution in [0.5, 0.6) is 0 Å². The average molecular weight is 298 g/mol. The number of nitro groups is 1. The van der Waals surface area contributed by atoms with Gasteiger partial charge in [0.2, 0.25) is 0 Å². The third-order valence-electron chi connectivity index (χ3n) is 3.51. The molecule has 2 aromatic rings. The fourth-order valence-corrected chi connectivity index (χ4v) is 2.07. The van der Waals surface area contributed by atoms with Gasteiger partial charge < -0.3 is 5.32 Å². The van der Waals surface area contributed by atoms with Gasteiger partial charge in [0.05, 0.1) is 4.92 Å². The van der Waals surface area contributed by atoms with E-state index in [-0.39, 0.29) is 17.5 Å². The molecule has 1 unspecified atom stereocenters. The second-order valence-corrected chi connectivity index (χ2v) is 5.14. The van der Waals surface area contributed by atoms with Crippen LogP contribution < -0.4 is 5.32 Å². The van der Waals surface area contributed by atoms with Crippen molar-refractivity contribution in [3.63, 3.8) is 0 Å². The first-order chi connectivity index (χ1) is 10.5. The van der Waals surface area contributed by atoms with E-state index in [0.29, 0.717) is 16.8 Å². The van der Waals surface area contributed by atoms with Crippen molar-refractivity contribution in [2.75, 3.05) is 5.32 Å². The molecular formula is C17H18N2O3. The second kappa shape index (κ2) is 6.85. The van der Waals surface area contributed by atoms with Gasteiger partial charge in [-0.05, 0) is 25.5 Å². The number of anilines is 1. The third kappa shape index (κ3) is 3.49. The lowest BCUT2D eigenvalue weighted by atomic mass is 10.0. The normalized spacial score (nSPS) is 11.7. The topological polar surface area (TPSA) is 72.2 Å². The van der Waals surface area contributed by atoms with Crippen molar-refractivity contribution in [3.05, 3.63) is 69.8 Å². The molecule has 0 saturated carbocycles. The van der Waals surface area contributed by atoms with E-state index in [4.69, 9.17) is 0 Å². The van der Waals surface area contributed by atoms with E-state index >= 15 is 0 Å². The second-order valence-electron chi connectivity index (χ2n) is 5.14. The summed E-state index contributed by atoms with van der Waals surface area (Å²) >= 11 is 0. The molecule has 0 heterocycles. The van der Waals surface area contributed by atoms with Crippen molar-refractivity contribution in [2.45, 2.75) is 26.3 Å². The lowest BCUT2D eigenvalue weighted by Gasteiger charge is -2.13. The highest BCUT2D eigenvalue weighted by atomic mass is 16.6. The molecule has 1 N–H and O–H groups in total. The number of carbonyl (C=O) groups is 1. The number of carbonyl (C=O) groups excluding carboxylic acids is 1. The Morgan fingerprint density at radius 2 is 1.86 bits per heavy atom. The van der Waals surface area contributed by atoms with Crippen LogP contribution in [-0.4, -0.2) is 16.7 Å². The maximum Gasteiger partial charge on any atom is 0.293 e. The van der Waals surface area contributed by atoms with E-state index in [1.807, 2.05) is 19.9 Å². The van der Waals surface area contributed by atoms with Crippen LogP contribution in [-0.2, 0) is 0 Å². The van der Waals surface area contributed by atoms with Crippen LogP contribution >= 0.6 is 0 Å². The first-order valence-corrected chi connectivity index (χ1v) is 7.17. The van der Waals surface area contributed by atoms with Gasteiger partial charge in [0.25, 0.3) is 5.69 Å². The fourth-order valence-electron chi connectivity index (χ4n) is 2.07. The molecule has 0 saturated heterocycles. The summed E-state index contributed by atoms with van der Waals surface area (Å²) in [5.74, 6) is -0.223. The van der Waals surface area contributed by atoms with Crippen LogP contribution in [0.4, 0.5) is 11.4 Å². The van der Waals surface area contributed by atoms with Crippen molar-refractivity contribution in [2.24, 2.45) is 0 Å². The molecule has 114 valence electrons. The van der Waals surface area contributed by atoms with Gasteiger partial charge in [-0.3, -0.25) is 14.9 Å². The maximum atomic E-state index is 12.4. The molecule has 22 heavy (non-hydrogen) atoms. The Kier molecular flexibility index (Phi) is 4.88. The van der Waals surface area contributed by atoms with E-state index in [1.165, 1.54) is 6.07 Å². The van der Waals surface area contributed by atoms with E-state index in [9.17, 15) is 14.9 Å². The molecule has 0 aliphatic carbocycles. The van der Waals surface area contributed by atoms with Crippen molar-refractivity contribution in [1.29, 1.82) is 0 Å². The van der Waals surface area contributed by atoms with Gasteiger partial charge >= 0.3 is 0 Å². The minimum absolute atomic E-state index is 0.0814. The van der Waals surface area contributed by atoms with Crippen LogP contribution in [0.3, 0.4) is 0 Å². The Morgan fingerprint density at radius 3 is 2.45 bits per heavy atom. The predicted octanol–water partition coefficient (Wildman–Crippen LogP) is 4.04. The summed E-state index contributed by atoms with van der Waals surface area (Å²) in [4.78, 5) is 23.2. The summed E-state index contributed by atoms with van der Waals surface area (Å²) in [5, 5.41) is 14.4. The van der Waals surface area contributed by atoms with Crippen molar-refractivity contribution in [1.82, 2.24) is 0 Å². The number of nitrogens with zero attached hydrogens (tertiary/aromatic N) is 1. The SMILES string of the molecule is CCC(C)Nc1ccc(C(=O)c2ccccc2)cc1[N+](=O)[O-]. The van der Waals surface area contributed by atoms with Crippen molar-refractivity contribution < 1.29 is 9.72 Å². The quantitative estimate of drug-likeness (QED) is 0.496. The van der Waals surface area contributed by atoms with Gasteiger partial charge in [0.15, 0.2) is 5.78 Å². The van der Waals surface area contributed by atoms with E-state index in [0.717, 1.165) is 6.42 Å². The molecule has 0 spiro atoms. The van der Waals surface area contributed by atoms with Crippen LogP contribution in [0.15, 0.2) is 48.5 Å². The highest BCUT2D eigenvalue weighted by molar-refractivity contribution is 6.09. The Hall–Kier alpha value is -2.69. The van der Waals surface area contributed by atoms with E-state index in [1.54, 1.807) is 36.4 Å². The molecule has 5 nitrogen and oxygen atoms in total. The van der Waals surface area contributed by atoms with E-state index in [2.05, 4.69) is 5.32 Å². The molecule has 2 aromatic carbocycles. The molecule has 1 atom stereocenters. The first kappa shape index (κ1) is 15.7. The summed E-state index contributed by atoms with van der Waals surface area (Å²) in [6, 6.07) is 13.4. The standard InChI is InChI=1S/C17H18N2O3/c1-3-12(2)18-15-10-9-14(11-16(15)19(21)22)17(20)13-7-5-4-6-8-13/h4-12,18H,3H2,1-2H3. The van der Waals surface area contributed by atoms with Gasteiger partial charge in [-0.1, -0.05) is 37.3 Å². The van der Waals surface area contributed by atoms with Gasteiger partial charge in [-0.2, -0.15) is 0 Å². The summed E-state index contributed by atoms with van der Waals surface area (Å²) in [6.07, 6.45) is 0.849. The van der Waals surface area contributed by atoms with Gasteiger partial charge in [0, 0.05) is 23.2 Å². The number of hydrogen-bond acceptors (Lipinski definition) is 4. The van der Waals surface area contributed by atoms with Crippen LogP contribution in [0.25, 0.3) is 0 Å². The highest BCUT2D eigenvalue weighted by Crippen LogP contribution is 2.27. The molecule has 2 rings (SSSR count). The minimum Gasteiger partial charge on any atom is -0.377 e. The smallest absolute Gasteiger partial charge is 0.293 e. The molecular weight excluding hydrogens is 280 g/mol. The molecule has 0 aliphatic heterocycles. The predicted molar refractivity (Wildman–Crippen MR) is 86.3 cm³/mol. The van der Waals surface area contributed by atoms with E-state index < -0.39 is 4.92 Å². The number of benzene rings is 2. The van der Waals surface area contributed by atoms with Crippen LogP contribution in [0, 0.1) is 10.1 Å². The zero-order valence-electron chi connectivity index (χ0n) is 12.6. The zero-order chi connectivity index (χ0) is 16.1. The summed E-state index contributed by atoms with van der Waals surface area (Å²) < 4.78 is 0. The van der Waals surface area contributed by atoms with Crippen molar-refractivity contribution in [3.8, 4) is 0 Å². The number of nitro benzene ring substituents is 1. The highest BCUT2D eigenvalue weighted by Gasteiger charge is 2.19. The fraction of sp³-hybridized carbons (Fsp3) is 0.235. The molecule has 0 aliphatic rings. The van der Waals surface area contributed by atoms with Crippen LogP contribution in [0.1, 0.15) is 36.2 Å². The molecule has 0 bridgehead atoms. The lowest BCUT2D eigenvalue weighted by Crippen LogP contribution is -2.15. The molecule has 5 heteroatoms. The summed E-state index contributed by atoms with van der Waals surface area (Å²) in [6.45, 7) is 3.95. The maximum absolute atomic E-state index is 12.4. The molecule has 0 fully saturated rings. The Morgan fingerprint density at radius 1 is 1.18 bits per heavy atom. The summed E-state index contributed by atoms with van der Waals surface area (Å²) in [5.41, 5.74) is 1.18. The number of hydrogen-bond donors (Lipinski definition) is 1. The Balaban J connectivity index is 2.37. The number of nitrogens with one attached hydrogen (secondary N) is 1.